The molecule has 0 fully saturated rings. The van der Waals surface area contributed by atoms with Crippen LogP contribution in [0.15, 0.2) is 40.9 Å². The first-order valence-corrected chi connectivity index (χ1v) is 6.81. The number of hydrogen-bond donors (Lipinski definition) is 1. The number of halogens is 3. The van der Waals surface area contributed by atoms with Crippen LogP contribution in [0.2, 0.25) is 5.02 Å². The monoisotopic (exact) mass is 357 g/mol. The number of carbonyl (C=O) groups is 1. The summed E-state index contributed by atoms with van der Waals surface area (Å²) in [6.07, 6.45) is 0. The zero-order valence-corrected chi connectivity index (χ0v) is 12.5. The molecule has 20 heavy (non-hydrogen) atoms. The van der Waals surface area contributed by atoms with Crippen molar-refractivity contribution in [3.63, 3.8) is 0 Å². The van der Waals surface area contributed by atoms with Crippen LogP contribution < -0.4 is 5.73 Å². The zero-order valence-electron chi connectivity index (χ0n) is 10.2. The molecule has 2 aromatic rings. The van der Waals surface area contributed by atoms with Crippen LogP contribution in [0.4, 0.5) is 10.1 Å². The smallest absolute Gasteiger partial charge is 0.338 e. The molecule has 0 aromatic heterocycles. The van der Waals surface area contributed by atoms with Gasteiger partial charge in [-0.05, 0) is 40.2 Å². The van der Waals surface area contributed by atoms with Crippen molar-refractivity contribution in [2.24, 2.45) is 0 Å². The topological polar surface area (TPSA) is 52.3 Å². The first-order valence-electron chi connectivity index (χ1n) is 5.64. The largest absolute Gasteiger partial charge is 0.457 e. The van der Waals surface area contributed by atoms with Gasteiger partial charge in [0.25, 0.3) is 0 Å². The molecule has 3 nitrogen and oxygen atoms in total. The number of nitrogen functional groups attached to an aromatic ring is 1. The fourth-order valence-corrected chi connectivity index (χ4v) is 2.05. The summed E-state index contributed by atoms with van der Waals surface area (Å²) in [7, 11) is 0. The average Bonchev–Trinajstić information content (AvgIpc) is 2.43. The van der Waals surface area contributed by atoms with Gasteiger partial charge in [0.05, 0.1) is 20.7 Å². The quantitative estimate of drug-likeness (QED) is 0.661. The third kappa shape index (κ3) is 3.29. The Labute approximate surface area is 128 Å². The van der Waals surface area contributed by atoms with E-state index >= 15 is 0 Å². The number of carbonyl (C=O) groups excluding carboxylic acids is 1. The molecule has 0 spiro atoms. The third-order valence-corrected chi connectivity index (χ3v) is 3.85. The summed E-state index contributed by atoms with van der Waals surface area (Å²) in [6.45, 7) is -0.0420. The molecule has 0 aliphatic rings. The van der Waals surface area contributed by atoms with Crippen LogP contribution in [0.5, 0.6) is 0 Å². The maximum Gasteiger partial charge on any atom is 0.338 e. The molecule has 0 heterocycles. The van der Waals surface area contributed by atoms with Gasteiger partial charge in [-0.15, -0.1) is 0 Å². The van der Waals surface area contributed by atoms with Crippen LogP contribution >= 0.6 is 27.5 Å². The Balaban J connectivity index is 2.08. The number of anilines is 1. The van der Waals surface area contributed by atoms with Gasteiger partial charge in [-0.3, -0.25) is 0 Å². The van der Waals surface area contributed by atoms with Gasteiger partial charge in [-0.2, -0.15) is 0 Å². The van der Waals surface area contributed by atoms with E-state index in [0.29, 0.717) is 21.8 Å². The van der Waals surface area contributed by atoms with Crippen LogP contribution in [0.3, 0.4) is 0 Å². The minimum Gasteiger partial charge on any atom is -0.457 e. The summed E-state index contributed by atoms with van der Waals surface area (Å²) in [6, 6.07) is 8.99. The highest BCUT2D eigenvalue weighted by Gasteiger charge is 2.11. The third-order valence-electron chi connectivity index (χ3n) is 2.62. The molecule has 2 aromatic carbocycles. The highest BCUT2D eigenvalue weighted by atomic mass is 79.9. The van der Waals surface area contributed by atoms with Gasteiger partial charge >= 0.3 is 5.97 Å². The van der Waals surface area contributed by atoms with E-state index in [1.807, 2.05) is 0 Å². The standard InChI is InChI=1S/C14H10BrClFNO2/c15-13-9(2-1-3-11(13)17)7-20-14(19)8-4-5-10(16)12(18)6-8/h1-6H,7,18H2. The molecule has 0 atom stereocenters. The maximum atomic E-state index is 13.3. The summed E-state index contributed by atoms with van der Waals surface area (Å²) in [5.74, 6) is -0.959. The number of rotatable bonds is 3. The minimum atomic E-state index is -0.551. The predicted molar refractivity (Wildman–Crippen MR) is 79.1 cm³/mol. The second-order valence-corrected chi connectivity index (χ2v) is 5.23. The van der Waals surface area contributed by atoms with E-state index in [4.69, 9.17) is 22.1 Å². The first kappa shape index (κ1) is 14.8. The van der Waals surface area contributed by atoms with Crippen molar-refractivity contribution in [3.05, 3.63) is 62.8 Å². The maximum absolute atomic E-state index is 13.3. The van der Waals surface area contributed by atoms with Gasteiger partial charge in [0.15, 0.2) is 0 Å². The van der Waals surface area contributed by atoms with E-state index < -0.39 is 11.8 Å². The van der Waals surface area contributed by atoms with Crippen LogP contribution in [-0.2, 0) is 11.3 Å². The second-order valence-electron chi connectivity index (χ2n) is 4.03. The molecule has 0 saturated carbocycles. The highest BCUT2D eigenvalue weighted by molar-refractivity contribution is 9.10. The molecule has 104 valence electrons. The summed E-state index contributed by atoms with van der Waals surface area (Å²) >= 11 is 8.88. The molecule has 0 aliphatic carbocycles. The van der Waals surface area contributed by atoms with Crippen LogP contribution in [0.1, 0.15) is 15.9 Å². The summed E-state index contributed by atoms with van der Waals surface area (Å²) in [4.78, 5) is 11.8. The normalized spacial score (nSPS) is 10.3. The Hall–Kier alpha value is -1.59. The lowest BCUT2D eigenvalue weighted by molar-refractivity contribution is 0.0471. The second kappa shape index (κ2) is 6.24. The Morgan fingerprint density at radius 2 is 2.10 bits per heavy atom. The van der Waals surface area contributed by atoms with Gasteiger partial charge in [-0.1, -0.05) is 23.7 Å². The average molecular weight is 359 g/mol. The Morgan fingerprint density at radius 1 is 1.35 bits per heavy atom. The van der Waals surface area contributed by atoms with Crippen molar-refractivity contribution < 1.29 is 13.9 Å². The van der Waals surface area contributed by atoms with E-state index in [9.17, 15) is 9.18 Å². The van der Waals surface area contributed by atoms with Crippen molar-refractivity contribution in [2.75, 3.05) is 5.73 Å². The van der Waals surface area contributed by atoms with E-state index in [0.717, 1.165) is 0 Å². The van der Waals surface area contributed by atoms with E-state index in [1.54, 1.807) is 12.1 Å². The molecule has 0 unspecified atom stereocenters. The molecule has 0 amide bonds. The van der Waals surface area contributed by atoms with E-state index in [2.05, 4.69) is 15.9 Å². The zero-order chi connectivity index (χ0) is 14.7. The Bertz CT molecular complexity index is 664. The fraction of sp³-hybridized carbons (Fsp3) is 0.0714. The fourth-order valence-electron chi connectivity index (χ4n) is 1.56. The van der Waals surface area contributed by atoms with Crippen molar-refractivity contribution >= 4 is 39.2 Å². The van der Waals surface area contributed by atoms with Crippen LogP contribution in [0.25, 0.3) is 0 Å². The molecule has 2 N–H and O–H groups in total. The molecule has 0 radical (unpaired) electrons. The Kier molecular flexibility index (Phi) is 4.62. The summed E-state index contributed by atoms with van der Waals surface area (Å²) in [5, 5.41) is 0.370. The molecule has 0 bridgehead atoms. The lowest BCUT2D eigenvalue weighted by Crippen LogP contribution is -2.06. The van der Waals surface area contributed by atoms with E-state index in [-0.39, 0.29) is 11.1 Å². The Morgan fingerprint density at radius 3 is 2.80 bits per heavy atom. The summed E-state index contributed by atoms with van der Waals surface area (Å²) in [5.41, 5.74) is 6.75. The van der Waals surface area contributed by atoms with Gasteiger partial charge in [0.1, 0.15) is 12.4 Å². The van der Waals surface area contributed by atoms with Gasteiger partial charge < -0.3 is 10.5 Å². The lowest BCUT2D eigenvalue weighted by atomic mass is 10.2. The van der Waals surface area contributed by atoms with Gasteiger partial charge in [-0.25, -0.2) is 9.18 Å². The lowest BCUT2D eigenvalue weighted by Gasteiger charge is -2.08. The van der Waals surface area contributed by atoms with Crippen molar-refractivity contribution in [2.45, 2.75) is 6.61 Å². The number of hydrogen-bond acceptors (Lipinski definition) is 3. The first-order chi connectivity index (χ1) is 9.49. The van der Waals surface area contributed by atoms with Gasteiger partial charge in [0.2, 0.25) is 0 Å². The van der Waals surface area contributed by atoms with Gasteiger partial charge in [0, 0.05) is 5.56 Å². The van der Waals surface area contributed by atoms with Crippen molar-refractivity contribution in [1.82, 2.24) is 0 Å². The SMILES string of the molecule is Nc1cc(C(=O)OCc2cccc(F)c2Br)ccc1Cl. The highest BCUT2D eigenvalue weighted by Crippen LogP contribution is 2.23. The van der Waals surface area contributed by atoms with Crippen LogP contribution in [0, 0.1) is 5.82 Å². The number of benzene rings is 2. The van der Waals surface area contributed by atoms with E-state index in [1.165, 1.54) is 24.3 Å². The minimum absolute atomic E-state index is 0.0420. The number of ether oxygens (including phenoxy) is 1. The molecular weight excluding hydrogens is 349 g/mol. The molecule has 0 aliphatic heterocycles. The summed E-state index contributed by atoms with van der Waals surface area (Å²) < 4.78 is 18.7. The number of esters is 1. The van der Waals surface area contributed by atoms with Crippen molar-refractivity contribution in [1.29, 1.82) is 0 Å². The predicted octanol–water partition coefficient (Wildman–Crippen LogP) is 4.18. The molecule has 0 saturated heterocycles. The molecule has 2 rings (SSSR count). The molecule has 6 heteroatoms. The number of nitrogens with two attached hydrogens (primary N) is 1. The molecular formula is C14H10BrClFNO2. The van der Waals surface area contributed by atoms with Crippen LogP contribution in [-0.4, -0.2) is 5.97 Å². The van der Waals surface area contributed by atoms with Crippen molar-refractivity contribution in [3.8, 4) is 0 Å².